The van der Waals surface area contributed by atoms with Crippen molar-refractivity contribution in [3.8, 4) is 0 Å². The fraction of sp³-hybridized carbons (Fsp3) is 0.500. The molecule has 0 aromatic heterocycles. The molecule has 0 radical (unpaired) electrons. The molecule has 0 aliphatic carbocycles. The lowest BCUT2D eigenvalue weighted by Gasteiger charge is -2.17. The van der Waals surface area contributed by atoms with Gasteiger partial charge in [-0.25, -0.2) is 9.59 Å². The van der Waals surface area contributed by atoms with Crippen molar-refractivity contribution < 1.29 is 23.8 Å². The molecule has 21 heavy (non-hydrogen) atoms. The smallest absolute Gasteiger partial charge is 0.455 e. The second-order valence-electron chi connectivity index (χ2n) is 4.68. The Morgan fingerprint density at radius 3 is 2.33 bits per heavy atom. The van der Waals surface area contributed by atoms with E-state index < -0.39 is 18.2 Å². The number of carbonyl (C=O) groups is 2. The van der Waals surface area contributed by atoms with Gasteiger partial charge in [-0.05, 0) is 32.4 Å². The van der Waals surface area contributed by atoms with Crippen LogP contribution in [0.3, 0.4) is 0 Å². The van der Waals surface area contributed by atoms with E-state index in [9.17, 15) is 9.59 Å². The Morgan fingerprint density at radius 2 is 1.76 bits per heavy atom. The predicted molar refractivity (Wildman–Crippen MR) is 78.3 cm³/mol. The quantitative estimate of drug-likeness (QED) is 0.720. The van der Waals surface area contributed by atoms with Gasteiger partial charge < -0.3 is 14.2 Å². The maximum absolute atomic E-state index is 12.0. The molecule has 0 saturated carbocycles. The van der Waals surface area contributed by atoms with Crippen molar-refractivity contribution in [2.75, 3.05) is 13.2 Å². The molecule has 0 aliphatic rings. The lowest BCUT2D eigenvalue weighted by atomic mass is 10.1. The number of aryl methyl sites for hydroxylation is 1. The van der Waals surface area contributed by atoms with Gasteiger partial charge in [0.15, 0.2) is 0 Å². The summed E-state index contributed by atoms with van der Waals surface area (Å²) in [5.41, 5.74) is 1.56. The van der Waals surface area contributed by atoms with Gasteiger partial charge in [-0.3, -0.25) is 0 Å². The third kappa shape index (κ3) is 6.29. The minimum atomic E-state index is -0.745. The summed E-state index contributed by atoms with van der Waals surface area (Å²) in [6.45, 7) is 5.87. The Hall–Kier alpha value is -2.04. The molecule has 0 N–H and O–H groups in total. The topological polar surface area (TPSA) is 61.8 Å². The Labute approximate surface area is 125 Å². The Kier molecular flexibility index (Phi) is 7.29. The number of esters is 1. The zero-order valence-corrected chi connectivity index (χ0v) is 12.8. The largest absolute Gasteiger partial charge is 0.508 e. The third-order valence-corrected chi connectivity index (χ3v) is 2.82. The summed E-state index contributed by atoms with van der Waals surface area (Å²) < 4.78 is 15.0. The summed E-state index contributed by atoms with van der Waals surface area (Å²) in [5.74, 6) is -0.416. The van der Waals surface area contributed by atoms with E-state index in [2.05, 4.69) is 4.74 Å². The second kappa shape index (κ2) is 9.00. The second-order valence-corrected chi connectivity index (χ2v) is 4.68. The minimum absolute atomic E-state index is 0.00424. The number of rotatable bonds is 7. The predicted octanol–water partition coefficient (Wildman–Crippen LogP) is 3.49. The van der Waals surface area contributed by atoms with Crippen LogP contribution in [0.15, 0.2) is 24.3 Å². The highest BCUT2D eigenvalue weighted by molar-refractivity contribution is 5.89. The molecule has 1 aromatic rings. The molecule has 0 amide bonds. The summed E-state index contributed by atoms with van der Waals surface area (Å²) in [4.78, 5) is 23.2. The van der Waals surface area contributed by atoms with Crippen molar-refractivity contribution in [1.82, 2.24) is 0 Å². The van der Waals surface area contributed by atoms with Crippen LogP contribution in [0.2, 0.25) is 0 Å². The molecule has 1 atom stereocenters. The highest BCUT2D eigenvalue weighted by Crippen LogP contribution is 2.10. The molecule has 116 valence electrons. The number of hydrogen-bond donors (Lipinski definition) is 0. The van der Waals surface area contributed by atoms with Gasteiger partial charge in [0, 0.05) is 0 Å². The molecule has 0 spiro atoms. The Bertz CT molecular complexity index is 452. The van der Waals surface area contributed by atoms with Crippen molar-refractivity contribution in [2.45, 2.75) is 39.7 Å². The van der Waals surface area contributed by atoms with Gasteiger partial charge in [-0.15, -0.1) is 0 Å². The molecule has 0 bridgehead atoms. The zero-order valence-electron chi connectivity index (χ0n) is 12.8. The number of carbonyl (C=O) groups excluding carboxylic acids is 2. The molecular formula is C16H22O5. The fourth-order valence-electron chi connectivity index (χ4n) is 1.73. The summed E-state index contributed by atoms with van der Waals surface area (Å²) in [6, 6.07) is 7.13. The molecule has 0 heterocycles. The summed E-state index contributed by atoms with van der Waals surface area (Å²) in [7, 11) is 0. The minimum Gasteiger partial charge on any atom is -0.455 e. The van der Waals surface area contributed by atoms with E-state index in [1.54, 1.807) is 19.1 Å². The van der Waals surface area contributed by atoms with E-state index in [-0.39, 0.29) is 13.2 Å². The number of benzene rings is 1. The first-order valence-corrected chi connectivity index (χ1v) is 7.14. The number of hydrogen-bond acceptors (Lipinski definition) is 5. The first-order valence-electron chi connectivity index (χ1n) is 7.14. The van der Waals surface area contributed by atoms with Gasteiger partial charge in [-0.1, -0.05) is 31.0 Å². The normalized spacial score (nSPS) is 11.6. The average Bonchev–Trinajstić information content (AvgIpc) is 2.46. The molecule has 5 nitrogen and oxygen atoms in total. The molecule has 1 unspecified atom stereocenters. The molecule has 1 aromatic carbocycles. The van der Waals surface area contributed by atoms with Crippen molar-refractivity contribution >= 4 is 12.1 Å². The summed E-state index contributed by atoms with van der Waals surface area (Å²) >= 11 is 0. The van der Waals surface area contributed by atoms with Crippen molar-refractivity contribution in [3.05, 3.63) is 35.4 Å². The lowest BCUT2D eigenvalue weighted by Crippen LogP contribution is -2.25. The van der Waals surface area contributed by atoms with E-state index in [1.807, 2.05) is 26.0 Å². The maximum atomic E-state index is 12.0. The average molecular weight is 294 g/mol. The van der Waals surface area contributed by atoms with Crippen LogP contribution in [0.25, 0.3) is 0 Å². The van der Waals surface area contributed by atoms with Gasteiger partial charge >= 0.3 is 12.1 Å². The van der Waals surface area contributed by atoms with Gasteiger partial charge in [0.05, 0.1) is 12.2 Å². The molecule has 1 rings (SSSR count). The first-order chi connectivity index (χ1) is 10.1. The summed E-state index contributed by atoms with van der Waals surface area (Å²) in [6.07, 6.45) is 0.230. The van der Waals surface area contributed by atoms with E-state index in [1.165, 1.54) is 0 Å². The number of ether oxygens (including phenoxy) is 3. The molecular weight excluding hydrogens is 272 g/mol. The Morgan fingerprint density at radius 1 is 1.10 bits per heavy atom. The lowest BCUT2D eigenvalue weighted by molar-refractivity contribution is -0.00817. The molecule has 5 heteroatoms. The van der Waals surface area contributed by atoms with Crippen LogP contribution in [0.5, 0.6) is 0 Å². The van der Waals surface area contributed by atoms with Crippen LogP contribution in [-0.2, 0) is 14.2 Å². The SMILES string of the molecule is CCCC(COC(=O)OCC)OC(=O)c1ccc(C)cc1. The van der Waals surface area contributed by atoms with Gasteiger partial charge in [-0.2, -0.15) is 0 Å². The van der Waals surface area contributed by atoms with Crippen molar-refractivity contribution in [2.24, 2.45) is 0 Å². The zero-order chi connectivity index (χ0) is 15.7. The van der Waals surface area contributed by atoms with Crippen LogP contribution < -0.4 is 0 Å². The highest BCUT2D eigenvalue weighted by atomic mass is 16.7. The van der Waals surface area contributed by atoms with Crippen molar-refractivity contribution in [3.63, 3.8) is 0 Å². The first kappa shape index (κ1) is 17.0. The molecule has 0 aliphatic heterocycles. The van der Waals surface area contributed by atoms with Crippen LogP contribution in [0, 0.1) is 6.92 Å². The van der Waals surface area contributed by atoms with Gasteiger partial charge in [0.1, 0.15) is 12.7 Å². The van der Waals surface area contributed by atoms with Gasteiger partial charge in [0.2, 0.25) is 0 Å². The molecule has 0 fully saturated rings. The monoisotopic (exact) mass is 294 g/mol. The van der Waals surface area contributed by atoms with E-state index in [4.69, 9.17) is 9.47 Å². The van der Waals surface area contributed by atoms with Crippen LogP contribution >= 0.6 is 0 Å². The van der Waals surface area contributed by atoms with Crippen LogP contribution in [0.1, 0.15) is 42.6 Å². The summed E-state index contributed by atoms with van der Waals surface area (Å²) in [5, 5.41) is 0. The van der Waals surface area contributed by atoms with Crippen molar-refractivity contribution in [1.29, 1.82) is 0 Å². The van der Waals surface area contributed by atoms with Crippen LogP contribution in [-0.4, -0.2) is 31.4 Å². The Balaban J connectivity index is 2.54. The van der Waals surface area contributed by atoms with Crippen LogP contribution in [0.4, 0.5) is 4.79 Å². The third-order valence-electron chi connectivity index (χ3n) is 2.82. The highest BCUT2D eigenvalue weighted by Gasteiger charge is 2.17. The molecule has 0 saturated heterocycles. The standard InChI is InChI=1S/C16H22O5/c1-4-6-14(11-20-16(18)19-5-2)21-15(17)13-9-7-12(3)8-10-13/h7-10,14H,4-6,11H2,1-3H3. The van der Waals surface area contributed by atoms with E-state index in [0.29, 0.717) is 12.0 Å². The van der Waals surface area contributed by atoms with E-state index >= 15 is 0 Å². The fourth-order valence-corrected chi connectivity index (χ4v) is 1.73. The van der Waals surface area contributed by atoms with Gasteiger partial charge in [0.25, 0.3) is 0 Å². The van der Waals surface area contributed by atoms with E-state index in [0.717, 1.165) is 12.0 Å². The maximum Gasteiger partial charge on any atom is 0.508 e.